The van der Waals surface area contributed by atoms with Crippen LogP contribution in [0.15, 0.2) is 42.6 Å². The van der Waals surface area contributed by atoms with Crippen molar-refractivity contribution in [2.24, 2.45) is 5.73 Å². The average molecular weight is 244 g/mol. The molecule has 0 saturated carbocycles. The molecule has 2 aromatic rings. The predicted molar refractivity (Wildman–Crippen MR) is 72.0 cm³/mol. The minimum atomic E-state index is 0.0326. The van der Waals surface area contributed by atoms with Gasteiger partial charge in [0.05, 0.1) is 0 Å². The first-order valence-electron chi connectivity index (χ1n) is 5.68. The Morgan fingerprint density at radius 2 is 1.89 bits per heavy atom. The molecule has 0 radical (unpaired) electrons. The minimum Gasteiger partial charge on any atom is -0.355 e. The molecule has 5 heteroatoms. The second-order valence-corrected chi connectivity index (χ2v) is 4.08. The SMILES string of the molecule is CC(N)c1ccc(Nc2ccnc(NO)c2)cc1. The zero-order chi connectivity index (χ0) is 13.0. The van der Waals surface area contributed by atoms with E-state index in [1.807, 2.05) is 42.7 Å². The molecule has 5 N–H and O–H groups in total. The Morgan fingerprint density at radius 3 is 2.50 bits per heavy atom. The molecule has 0 bridgehead atoms. The van der Waals surface area contributed by atoms with Crippen molar-refractivity contribution in [2.45, 2.75) is 13.0 Å². The number of benzene rings is 1. The first kappa shape index (κ1) is 12.3. The number of hydrogen-bond donors (Lipinski definition) is 4. The summed E-state index contributed by atoms with van der Waals surface area (Å²) in [4.78, 5) is 3.92. The second kappa shape index (κ2) is 5.48. The van der Waals surface area contributed by atoms with E-state index in [0.29, 0.717) is 5.82 Å². The first-order valence-corrected chi connectivity index (χ1v) is 5.68. The smallest absolute Gasteiger partial charge is 0.151 e. The molecule has 1 heterocycles. The Labute approximate surface area is 106 Å². The Balaban J connectivity index is 2.13. The lowest BCUT2D eigenvalue weighted by Crippen LogP contribution is -2.04. The Morgan fingerprint density at radius 1 is 1.17 bits per heavy atom. The second-order valence-electron chi connectivity index (χ2n) is 4.08. The van der Waals surface area contributed by atoms with Gasteiger partial charge in [-0.3, -0.25) is 10.7 Å². The molecular formula is C13H16N4O. The quantitative estimate of drug-likeness (QED) is 0.621. The third-order valence-corrected chi connectivity index (χ3v) is 2.60. The van der Waals surface area contributed by atoms with Crippen LogP contribution in [0.3, 0.4) is 0 Å². The lowest BCUT2D eigenvalue weighted by atomic mass is 10.1. The summed E-state index contributed by atoms with van der Waals surface area (Å²) in [5.74, 6) is 0.396. The van der Waals surface area contributed by atoms with Crippen molar-refractivity contribution in [3.05, 3.63) is 48.2 Å². The van der Waals surface area contributed by atoms with Gasteiger partial charge in [-0.05, 0) is 30.7 Å². The van der Waals surface area contributed by atoms with Gasteiger partial charge in [0, 0.05) is 29.7 Å². The van der Waals surface area contributed by atoms with Gasteiger partial charge in [-0.2, -0.15) is 0 Å². The van der Waals surface area contributed by atoms with E-state index in [4.69, 9.17) is 10.9 Å². The van der Waals surface area contributed by atoms with E-state index < -0.39 is 0 Å². The molecule has 0 saturated heterocycles. The maximum atomic E-state index is 8.77. The van der Waals surface area contributed by atoms with E-state index in [-0.39, 0.29) is 6.04 Å². The number of hydrogen-bond acceptors (Lipinski definition) is 5. The summed E-state index contributed by atoms with van der Waals surface area (Å²) in [5.41, 5.74) is 10.7. The number of pyridine rings is 1. The number of anilines is 3. The van der Waals surface area contributed by atoms with Crippen LogP contribution in [0.1, 0.15) is 18.5 Å². The van der Waals surface area contributed by atoms with Crippen molar-refractivity contribution >= 4 is 17.2 Å². The Kier molecular flexibility index (Phi) is 3.76. The highest BCUT2D eigenvalue weighted by molar-refractivity contribution is 5.62. The fourth-order valence-corrected chi connectivity index (χ4v) is 1.61. The van der Waals surface area contributed by atoms with Gasteiger partial charge < -0.3 is 11.1 Å². The van der Waals surface area contributed by atoms with E-state index in [0.717, 1.165) is 16.9 Å². The zero-order valence-electron chi connectivity index (χ0n) is 10.1. The van der Waals surface area contributed by atoms with Crippen LogP contribution < -0.4 is 16.5 Å². The van der Waals surface area contributed by atoms with Crippen LogP contribution in [0.4, 0.5) is 17.2 Å². The van der Waals surface area contributed by atoms with Gasteiger partial charge in [0.15, 0.2) is 5.82 Å². The van der Waals surface area contributed by atoms with Crippen molar-refractivity contribution in [1.29, 1.82) is 0 Å². The molecule has 1 atom stereocenters. The monoisotopic (exact) mass is 244 g/mol. The van der Waals surface area contributed by atoms with Crippen LogP contribution in [0.25, 0.3) is 0 Å². The number of aromatic nitrogens is 1. The molecule has 94 valence electrons. The number of nitrogens with zero attached hydrogens (tertiary/aromatic N) is 1. The molecule has 1 aromatic carbocycles. The highest BCUT2D eigenvalue weighted by Crippen LogP contribution is 2.20. The van der Waals surface area contributed by atoms with Gasteiger partial charge in [-0.1, -0.05) is 12.1 Å². The molecule has 5 nitrogen and oxygen atoms in total. The summed E-state index contributed by atoms with van der Waals surface area (Å²) in [7, 11) is 0. The number of nitrogens with one attached hydrogen (secondary N) is 2. The van der Waals surface area contributed by atoms with Crippen LogP contribution in [0, 0.1) is 0 Å². The van der Waals surface area contributed by atoms with E-state index in [9.17, 15) is 0 Å². The van der Waals surface area contributed by atoms with Crippen molar-refractivity contribution < 1.29 is 5.21 Å². The summed E-state index contributed by atoms with van der Waals surface area (Å²) >= 11 is 0. The average Bonchev–Trinajstić information content (AvgIpc) is 2.39. The van der Waals surface area contributed by atoms with Crippen molar-refractivity contribution in [1.82, 2.24) is 4.98 Å². The normalized spacial score (nSPS) is 11.9. The maximum Gasteiger partial charge on any atom is 0.151 e. The van der Waals surface area contributed by atoms with Crippen LogP contribution >= 0.6 is 0 Å². The highest BCUT2D eigenvalue weighted by Gasteiger charge is 2.00. The molecule has 1 aromatic heterocycles. The molecule has 0 aliphatic rings. The van der Waals surface area contributed by atoms with Crippen molar-refractivity contribution in [2.75, 3.05) is 10.8 Å². The van der Waals surface area contributed by atoms with E-state index in [1.54, 1.807) is 12.3 Å². The standard InChI is InChI=1S/C13H16N4O/c1-9(14)10-2-4-11(5-3-10)16-12-6-7-15-13(8-12)17-18/h2-9,18H,14H2,1H3,(H2,15,16,17). The topological polar surface area (TPSA) is 83.2 Å². The molecule has 0 fully saturated rings. The van der Waals surface area contributed by atoms with Crippen LogP contribution in [-0.2, 0) is 0 Å². The van der Waals surface area contributed by atoms with Gasteiger partial charge in [-0.15, -0.1) is 0 Å². The van der Waals surface area contributed by atoms with Gasteiger partial charge in [0.2, 0.25) is 0 Å². The minimum absolute atomic E-state index is 0.0326. The summed E-state index contributed by atoms with van der Waals surface area (Å²) < 4.78 is 0. The third kappa shape index (κ3) is 2.97. The molecular weight excluding hydrogens is 228 g/mol. The van der Waals surface area contributed by atoms with Crippen molar-refractivity contribution in [3.8, 4) is 0 Å². The third-order valence-electron chi connectivity index (χ3n) is 2.60. The molecule has 2 rings (SSSR count). The van der Waals surface area contributed by atoms with Gasteiger partial charge in [0.1, 0.15) is 0 Å². The van der Waals surface area contributed by atoms with Crippen LogP contribution in [0.2, 0.25) is 0 Å². The molecule has 0 spiro atoms. The summed E-state index contributed by atoms with van der Waals surface area (Å²) in [6, 6.07) is 11.5. The lowest BCUT2D eigenvalue weighted by Gasteiger charge is -2.09. The zero-order valence-corrected chi connectivity index (χ0v) is 10.1. The Hall–Kier alpha value is -2.11. The van der Waals surface area contributed by atoms with Crippen LogP contribution in [-0.4, -0.2) is 10.2 Å². The maximum absolute atomic E-state index is 8.77. The molecule has 0 amide bonds. The van der Waals surface area contributed by atoms with E-state index in [1.165, 1.54) is 0 Å². The van der Waals surface area contributed by atoms with Crippen LogP contribution in [0.5, 0.6) is 0 Å². The fourth-order valence-electron chi connectivity index (χ4n) is 1.61. The Bertz CT molecular complexity index is 511. The summed E-state index contributed by atoms with van der Waals surface area (Å²) in [6.45, 7) is 1.95. The molecule has 18 heavy (non-hydrogen) atoms. The van der Waals surface area contributed by atoms with Gasteiger partial charge in [-0.25, -0.2) is 4.98 Å². The number of rotatable bonds is 4. The van der Waals surface area contributed by atoms with Gasteiger partial charge >= 0.3 is 0 Å². The van der Waals surface area contributed by atoms with E-state index >= 15 is 0 Å². The fraction of sp³-hybridized carbons (Fsp3) is 0.154. The van der Waals surface area contributed by atoms with E-state index in [2.05, 4.69) is 10.3 Å². The van der Waals surface area contributed by atoms with Crippen molar-refractivity contribution in [3.63, 3.8) is 0 Å². The lowest BCUT2D eigenvalue weighted by molar-refractivity contribution is 0.386. The molecule has 1 unspecified atom stereocenters. The number of nitrogens with two attached hydrogens (primary N) is 1. The molecule has 0 aliphatic carbocycles. The summed E-state index contributed by atoms with van der Waals surface area (Å²) in [5, 5.41) is 12.0. The summed E-state index contributed by atoms with van der Waals surface area (Å²) in [6.07, 6.45) is 1.61. The molecule has 0 aliphatic heterocycles. The predicted octanol–water partition coefficient (Wildman–Crippen LogP) is 2.65. The first-order chi connectivity index (χ1) is 8.69. The highest BCUT2D eigenvalue weighted by atomic mass is 16.5. The van der Waals surface area contributed by atoms with Gasteiger partial charge in [0.25, 0.3) is 0 Å². The largest absolute Gasteiger partial charge is 0.355 e.